The number of likely N-dealkylation sites (N-methyl/N-ethyl adjacent to an activating group) is 1. The number of amides is 4. The van der Waals surface area contributed by atoms with Gasteiger partial charge in [0.1, 0.15) is 48.9 Å². The molecule has 4 bridgehead atoms. The molecule has 0 radical (unpaired) electrons. The number of nitrogens with zero attached hydrogens (tertiary/aromatic N) is 1. The maximum absolute atomic E-state index is 14.3. The molecule has 60 heavy (non-hydrogen) atoms. The molecule has 1 heterocycles. The second-order valence-electron chi connectivity index (χ2n) is 14.7. The molecule has 318 valence electrons. The number of rotatable bonds is 16. The monoisotopic (exact) mass is 821 g/mol. The van der Waals surface area contributed by atoms with Crippen molar-refractivity contribution in [3.63, 3.8) is 0 Å². The number of hydrogen-bond acceptors (Lipinski definition) is 10. The highest BCUT2D eigenvalue weighted by Crippen LogP contribution is 2.40. The standard InChI is InChI=1S/C45H55N7O8/c1-4-5-6-28-7-10-30(11-8-28)31-12-14-32(15-13-31)42(54)51-37(26-48)44(56)52(3)40-33-16-18-39(60-22-20-47)35(25-33)34-23-29(9-17-38(34)59-21-19-46)24-36(45(57)58)50-41(53)27(2)49-43(40)55/h7-18,23,25,27,36-37,40H,4-6,19-22,24,26,46-48H2,1-3H3,(H,49,55)(H,50,53)(H,51,54)(H,57,58)/t27-,36-,37-,40-/m0/s1. The zero-order chi connectivity index (χ0) is 43.3. The van der Waals surface area contributed by atoms with Crippen LogP contribution in [0.25, 0.3) is 22.3 Å². The molecule has 1 aliphatic heterocycles. The van der Waals surface area contributed by atoms with Crippen molar-refractivity contribution in [2.75, 3.05) is 39.9 Å². The Hall–Kier alpha value is -6.29. The third-order valence-corrected chi connectivity index (χ3v) is 10.3. The number of benzene rings is 4. The molecule has 4 amide bonds. The molecule has 15 heteroatoms. The minimum atomic E-state index is -1.39. The van der Waals surface area contributed by atoms with Crippen LogP contribution >= 0.6 is 0 Å². The van der Waals surface area contributed by atoms with Crippen LogP contribution in [-0.2, 0) is 32.0 Å². The first-order chi connectivity index (χ1) is 28.9. The number of fused-ring (bicyclic) bond motifs is 5. The average Bonchev–Trinajstić information content (AvgIpc) is 3.25. The Morgan fingerprint density at radius 3 is 2.02 bits per heavy atom. The Morgan fingerprint density at radius 1 is 0.833 bits per heavy atom. The van der Waals surface area contributed by atoms with E-state index in [2.05, 4.69) is 47.1 Å². The molecular weight excluding hydrogens is 767 g/mol. The predicted molar refractivity (Wildman–Crippen MR) is 228 cm³/mol. The van der Waals surface area contributed by atoms with Crippen molar-refractivity contribution >= 4 is 29.6 Å². The van der Waals surface area contributed by atoms with Crippen LogP contribution in [0.1, 0.15) is 59.8 Å². The number of carboxylic acids is 1. The van der Waals surface area contributed by atoms with E-state index in [1.54, 1.807) is 48.5 Å². The zero-order valence-electron chi connectivity index (χ0n) is 34.2. The smallest absolute Gasteiger partial charge is 0.326 e. The SMILES string of the molecule is CCCCc1ccc(-c2ccc(C(=O)N[C@@H](CN)C(=O)N(C)[C@@H]3C(=O)N[C@@H](C)C(=O)N[C@H](C(=O)O)Cc4ccc(OCCN)c(c4)-c4cc3ccc4OCCN)cc2)cc1. The third kappa shape index (κ3) is 11.0. The van der Waals surface area contributed by atoms with Gasteiger partial charge in [-0.05, 0) is 84.0 Å². The summed E-state index contributed by atoms with van der Waals surface area (Å²) in [6.45, 7) is 3.97. The minimum Gasteiger partial charge on any atom is -0.492 e. The Labute approximate surface area is 350 Å². The number of unbranched alkanes of at least 4 members (excludes halogenated alkanes) is 1. The number of nitrogens with two attached hydrogens (primary N) is 3. The molecule has 0 aromatic heterocycles. The van der Waals surface area contributed by atoms with Gasteiger partial charge in [0.15, 0.2) is 0 Å². The lowest BCUT2D eigenvalue weighted by atomic mass is 9.93. The molecule has 0 fully saturated rings. The van der Waals surface area contributed by atoms with Crippen molar-refractivity contribution in [3.8, 4) is 33.8 Å². The van der Waals surface area contributed by atoms with Crippen LogP contribution in [-0.4, -0.2) is 97.6 Å². The summed E-state index contributed by atoms with van der Waals surface area (Å²) in [6, 6.07) is 20.1. The summed E-state index contributed by atoms with van der Waals surface area (Å²) >= 11 is 0. The van der Waals surface area contributed by atoms with Gasteiger partial charge in [0, 0.05) is 49.8 Å². The molecular formula is C45H55N7O8. The van der Waals surface area contributed by atoms with Gasteiger partial charge in [-0.25, -0.2) is 4.79 Å². The summed E-state index contributed by atoms with van der Waals surface area (Å²) in [5.41, 5.74) is 23.0. The molecule has 0 spiro atoms. The number of carbonyl (C=O) groups excluding carboxylic acids is 4. The van der Waals surface area contributed by atoms with E-state index in [-0.39, 0.29) is 39.3 Å². The van der Waals surface area contributed by atoms with Gasteiger partial charge in [0.05, 0.1) is 0 Å². The lowest BCUT2D eigenvalue weighted by Crippen LogP contribution is -2.56. The number of aliphatic carboxylic acids is 1. The summed E-state index contributed by atoms with van der Waals surface area (Å²) in [4.78, 5) is 69.0. The maximum Gasteiger partial charge on any atom is 0.326 e. The van der Waals surface area contributed by atoms with E-state index in [1.807, 2.05) is 12.1 Å². The molecule has 10 N–H and O–H groups in total. The number of hydrogen-bond donors (Lipinski definition) is 7. The molecule has 15 nitrogen and oxygen atoms in total. The average molecular weight is 822 g/mol. The van der Waals surface area contributed by atoms with E-state index >= 15 is 0 Å². The van der Waals surface area contributed by atoms with E-state index in [0.29, 0.717) is 39.3 Å². The van der Waals surface area contributed by atoms with E-state index in [0.717, 1.165) is 35.3 Å². The Morgan fingerprint density at radius 2 is 1.43 bits per heavy atom. The summed E-state index contributed by atoms with van der Waals surface area (Å²) in [5, 5.41) is 18.0. The fourth-order valence-corrected chi connectivity index (χ4v) is 6.97. The van der Waals surface area contributed by atoms with Crippen molar-refractivity contribution in [1.29, 1.82) is 0 Å². The number of nitrogens with one attached hydrogen (secondary N) is 3. The number of carboxylic acid groups (broad SMARTS) is 1. The predicted octanol–water partition coefficient (Wildman–Crippen LogP) is 2.93. The van der Waals surface area contributed by atoms with Gasteiger partial charge in [-0.15, -0.1) is 0 Å². The van der Waals surface area contributed by atoms with Gasteiger partial charge >= 0.3 is 5.97 Å². The van der Waals surface area contributed by atoms with Gasteiger partial charge in [-0.2, -0.15) is 0 Å². The highest BCUT2D eigenvalue weighted by atomic mass is 16.5. The van der Waals surface area contributed by atoms with E-state index < -0.39 is 53.8 Å². The van der Waals surface area contributed by atoms with Gasteiger partial charge in [-0.1, -0.05) is 61.9 Å². The normalized spacial score (nSPS) is 17.0. The van der Waals surface area contributed by atoms with Crippen molar-refractivity contribution in [1.82, 2.24) is 20.9 Å². The Balaban J connectivity index is 1.50. The molecule has 4 atom stereocenters. The molecule has 4 aromatic rings. The van der Waals surface area contributed by atoms with Gasteiger partial charge in [-0.3, -0.25) is 19.2 Å². The maximum atomic E-state index is 14.3. The Bertz CT molecular complexity index is 2140. The number of ether oxygens (including phenoxy) is 2. The van der Waals surface area contributed by atoms with E-state index in [4.69, 9.17) is 26.7 Å². The van der Waals surface area contributed by atoms with Crippen LogP contribution in [0.5, 0.6) is 11.5 Å². The molecule has 5 rings (SSSR count). The third-order valence-electron chi connectivity index (χ3n) is 10.3. The van der Waals surface area contributed by atoms with E-state index in [1.165, 1.54) is 19.5 Å². The molecule has 0 aliphatic carbocycles. The second-order valence-corrected chi connectivity index (χ2v) is 14.7. The van der Waals surface area contributed by atoms with Crippen molar-refractivity contribution in [3.05, 3.63) is 107 Å². The Kier molecular flexibility index (Phi) is 15.8. The van der Waals surface area contributed by atoms with Crippen LogP contribution < -0.4 is 42.6 Å². The molecule has 0 saturated heterocycles. The van der Waals surface area contributed by atoms with Gasteiger partial charge in [0.2, 0.25) is 17.7 Å². The number of aryl methyl sites for hydroxylation is 1. The fourth-order valence-electron chi connectivity index (χ4n) is 6.97. The van der Waals surface area contributed by atoms with Crippen LogP contribution in [0.15, 0.2) is 84.9 Å². The topological polar surface area (TPSA) is 241 Å². The highest BCUT2D eigenvalue weighted by Gasteiger charge is 2.36. The van der Waals surface area contributed by atoms with Gasteiger partial charge in [0.25, 0.3) is 5.91 Å². The van der Waals surface area contributed by atoms with Crippen LogP contribution in [0, 0.1) is 0 Å². The lowest BCUT2D eigenvalue weighted by Gasteiger charge is -2.32. The first kappa shape index (κ1) is 44.8. The van der Waals surface area contributed by atoms with Crippen LogP contribution in [0.2, 0.25) is 0 Å². The van der Waals surface area contributed by atoms with Crippen LogP contribution in [0.4, 0.5) is 0 Å². The largest absolute Gasteiger partial charge is 0.492 e. The van der Waals surface area contributed by atoms with Crippen molar-refractivity contribution in [2.45, 2.75) is 63.7 Å². The molecule has 4 aromatic carbocycles. The highest BCUT2D eigenvalue weighted by molar-refractivity contribution is 5.99. The van der Waals surface area contributed by atoms with Gasteiger partial charge < -0.3 is 52.6 Å². The van der Waals surface area contributed by atoms with E-state index in [9.17, 15) is 29.1 Å². The summed E-state index contributed by atoms with van der Waals surface area (Å²) in [7, 11) is 1.40. The zero-order valence-corrected chi connectivity index (χ0v) is 34.2. The first-order valence-corrected chi connectivity index (χ1v) is 20.1. The molecule has 0 unspecified atom stereocenters. The van der Waals surface area contributed by atoms with Crippen molar-refractivity contribution < 1.29 is 38.6 Å². The second kappa shape index (κ2) is 21.1. The van der Waals surface area contributed by atoms with Crippen molar-refractivity contribution in [2.24, 2.45) is 17.2 Å². The van der Waals surface area contributed by atoms with Crippen LogP contribution in [0.3, 0.4) is 0 Å². The minimum absolute atomic E-state index is 0.0895. The number of carbonyl (C=O) groups is 5. The molecule has 0 saturated carbocycles. The summed E-state index contributed by atoms with van der Waals surface area (Å²) in [6.07, 6.45) is 3.16. The lowest BCUT2D eigenvalue weighted by molar-refractivity contribution is -0.143. The summed E-state index contributed by atoms with van der Waals surface area (Å²) in [5.74, 6) is -3.27. The molecule has 1 aliphatic rings. The summed E-state index contributed by atoms with van der Waals surface area (Å²) < 4.78 is 12.0. The quantitative estimate of drug-likeness (QED) is 0.0867. The fraction of sp³-hybridized carbons (Fsp3) is 0.356. The first-order valence-electron chi connectivity index (χ1n) is 20.1.